The predicted molar refractivity (Wildman–Crippen MR) is 156 cm³/mol. The molecule has 3 nitrogen and oxygen atoms in total. The Morgan fingerprint density at radius 2 is 1.03 bits per heavy atom. The summed E-state index contributed by atoms with van der Waals surface area (Å²) in [4.78, 5) is 16.9. The van der Waals surface area contributed by atoms with Crippen molar-refractivity contribution in [3.63, 3.8) is 0 Å². The second-order valence-electron chi connectivity index (χ2n) is 11.1. The van der Waals surface area contributed by atoms with Crippen LogP contribution in [0, 0.1) is 0 Å². The number of rotatable bonds is 7. The number of carbonyl (C=O) groups is 1. The molecule has 194 valence electrons. The van der Waals surface area contributed by atoms with Crippen LogP contribution in [-0.2, 0) is 21.3 Å². The summed E-state index contributed by atoms with van der Waals surface area (Å²) in [6.07, 6.45) is 3.62. The van der Waals surface area contributed by atoms with E-state index >= 15 is 0 Å². The Hall–Kier alpha value is -3.69. The van der Waals surface area contributed by atoms with E-state index < -0.39 is 11.0 Å². The van der Waals surface area contributed by atoms with Crippen LogP contribution in [0.3, 0.4) is 0 Å². The largest absolute Gasteiger partial charge is 0.346 e. The molecule has 0 bridgehead atoms. The maximum Gasteiger partial charge on any atom is 0.235 e. The van der Waals surface area contributed by atoms with E-state index in [-0.39, 0.29) is 11.4 Å². The Balaban J connectivity index is 1.55. The lowest BCUT2D eigenvalue weighted by Crippen LogP contribution is -2.57. The number of carbonyl (C=O) groups excluding carboxylic acids is 1. The number of benzene rings is 4. The van der Waals surface area contributed by atoms with Crippen molar-refractivity contribution in [1.82, 2.24) is 10.2 Å². The summed E-state index contributed by atoms with van der Waals surface area (Å²) in [6, 6.07) is 41.7. The molecule has 0 spiro atoms. The van der Waals surface area contributed by atoms with E-state index in [0.29, 0.717) is 0 Å². The molecule has 0 aromatic heterocycles. The Morgan fingerprint density at radius 1 is 0.632 bits per heavy atom. The highest BCUT2D eigenvalue weighted by atomic mass is 16.2. The van der Waals surface area contributed by atoms with Gasteiger partial charge in [-0.05, 0) is 69.0 Å². The Kier molecular flexibility index (Phi) is 7.23. The summed E-state index contributed by atoms with van der Waals surface area (Å²) in [5.74, 6) is 0.0378. The van der Waals surface area contributed by atoms with Gasteiger partial charge in [-0.1, -0.05) is 121 Å². The third kappa shape index (κ3) is 4.56. The molecule has 1 aliphatic rings. The van der Waals surface area contributed by atoms with Crippen LogP contribution in [-0.4, -0.2) is 24.9 Å². The van der Waals surface area contributed by atoms with Crippen LogP contribution in [0.25, 0.3) is 0 Å². The van der Waals surface area contributed by atoms with Crippen molar-refractivity contribution in [2.45, 2.75) is 49.1 Å². The zero-order chi connectivity index (χ0) is 26.6. The smallest absolute Gasteiger partial charge is 0.235 e. The van der Waals surface area contributed by atoms with E-state index in [0.717, 1.165) is 36.8 Å². The molecule has 38 heavy (non-hydrogen) atoms. The molecule has 0 radical (unpaired) electrons. The molecule has 4 aromatic carbocycles. The highest BCUT2D eigenvalue weighted by molar-refractivity contribution is 5.92. The highest BCUT2D eigenvalue weighted by Crippen LogP contribution is 2.49. The van der Waals surface area contributed by atoms with Gasteiger partial charge in [0, 0.05) is 5.54 Å². The Labute approximate surface area is 227 Å². The summed E-state index contributed by atoms with van der Waals surface area (Å²) in [5.41, 5.74) is 3.18. The van der Waals surface area contributed by atoms with Gasteiger partial charge >= 0.3 is 0 Å². The fourth-order valence-corrected chi connectivity index (χ4v) is 6.39. The maximum atomic E-state index is 14.6. The van der Waals surface area contributed by atoms with Crippen molar-refractivity contribution in [2.24, 2.45) is 0 Å². The molecule has 0 unspecified atom stereocenters. The summed E-state index contributed by atoms with van der Waals surface area (Å²) >= 11 is 0. The first kappa shape index (κ1) is 25.9. The van der Waals surface area contributed by atoms with Crippen molar-refractivity contribution < 1.29 is 4.79 Å². The van der Waals surface area contributed by atoms with Gasteiger partial charge in [-0.25, -0.2) is 0 Å². The predicted octanol–water partition coefficient (Wildman–Crippen LogP) is 7.04. The van der Waals surface area contributed by atoms with Gasteiger partial charge in [-0.15, -0.1) is 0 Å². The molecule has 0 aliphatic heterocycles. The Morgan fingerprint density at radius 3 is 1.45 bits per heavy atom. The molecule has 1 amide bonds. The average molecular weight is 503 g/mol. The zero-order valence-electron chi connectivity index (χ0n) is 22.7. The summed E-state index contributed by atoms with van der Waals surface area (Å²) in [5, 5.41) is 3.66. The lowest BCUT2D eigenvalue weighted by molar-refractivity contribution is -0.128. The molecule has 0 heterocycles. The lowest BCUT2D eigenvalue weighted by Gasteiger charge is -2.51. The first-order chi connectivity index (χ1) is 18.4. The topological polar surface area (TPSA) is 32.3 Å². The number of hydrogen-bond donors (Lipinski definition) is 1. The van der Waals surface area contributed by atoms with E-state index in [1.165, 1.54) is 11.1 Å². The second kappa shape index (κ2) is 10.6. The minimum atomic E-state index is -0.820. The van der Waals surface area contributed by atoms with Crippen LogP contribution in [0.15, 0.2) is 121 Å². The van der Waals surface area contributed by atoms with Gasteiger partial charge in [0.05, 0.1) is 11.0 Å². The number of nitrogens with one attached hydrogen (secondary N) is 1. The molecule has 0 saturated heterocycles. The first-order valence-electron chi connectivity index (χ1n) is 13.6. The number of amides is 1. The molecule has 4 aromatic rings. The molecule has 5 rings (SSSR count). The van der Waals surface area contributed by atoms with Crippen molar-refractivity contribution in [2.75, 3.05) is 14.1 Å². The van der Waals surface area contributed by atoms with Crippen molar-refractivity contribution >= 4 is 5.91 Å². The molecule has 1 fully saturated rings. The van der Waals surface area contributed by atoms with Gasteiger partial charge in [0.2, 0.25) is 5.91 Å². The van der Waals surface area contributed by atoms with Crippen molar-refractivity contribution in [3.8, 4) is 0 Å². The van der Waals surface area contributed by atoms with Crippen LogP contribution in [0.4, 0.5) is 0 Å². The molecule has 3 heteroatoms. The fourth-order valence-electron chi connectivity index (χ4n) is 6.39. The van der Waals surface area contributed by atoms with Crippen LogP contribution >= 0.6 is 0 Å². The van der Waals surface area contributed by atoms with Gasteiger partial charge in [-0.3, -0.25) is 9.69 Å². The van der Waals surface area contributed by atoms with Crippen LogP contribution in [0.1, 0.15) is 54.9 Å². The highest BCUT2D eigenvalue weighted by Gasteiger charge is 2.48. The third-order valence-electron chi connectivity index (χ3n) is 8.93. The normalized spacial score (nSPS) is 21.7. The molecule has 1 saturated carbocycles. The molecule has 0 atom stereocenters. The SMILES string of the molecule is CN(C)C1(c2ccccc2)CCC(NC(=O)C(C)(c2ccccc2)c2ccccc2)(c2ccccc2)CC1. The number of nitrogens with zero attached hydrogens (tertiary/aromatic N) is 1. The van der Waals surface area contributed by atoms with Gasteiger partial charge in [-0.2, -0.15) is 0 Å². The standard InChI is InChI=1S/C35H38N2O/c1-33(28-16-8-4-9-17-28,29-18-10-5-11-19-29)32(38)36-34(30-20-12-6-13-21-30)24-26-35(27-25-34,37(2)3)31-22-14-7-15-23-31/h4-23H,24-27H2,1-3H3,(H,36,38). The lowest BCUT2D eigenvalue weighted by atomic mass is 9.65. The van der Waals surface area contributed by atoms with Gasteiger partial charge in [0.15, 0.2) is 0 Å². The van der Waals surface area contributed by atoms with E-state index in [1.54, 1.807) is 0 Å². The first-order valence-corrected chi connectivity index (χ1v) is 13.6. The minimum Gasteiger partial charge on any atom is -0.346 e. The summed E-state index contributed by atoms with van der Waals surface area (Å²) < 4.78 is 0. The van der Waals surface area contributed by atoms with Crippen molar-refractivity contribution in [1.29, 1.82) is 0 Å². The third-order valence-corrected chi connectivity index (χ3v) is 8.93. The zero-order valence-corrected chi connectivity index (χ0v) is 22.7. The van der Waals surface area contributed by atoms with Crippen molar-refractivity contribution in [3.05, 3.63) is 144 Å². The van der Waals surface area contributed by atoms with E-state index in [4.69, 9.17) is 0 Å². The van der Waals surface area contributed by atoms with Gasteiger partial charge in [0.25, 0.3) is 0 Å². The molecule has 1 N–H and O–H groups in total. The second-order valence-corrected chi connectivity index (χ2v) is 11.1. The number of hydrogen-bond acceptors (Lipinski definition) is 2. The summed E-state index contributed by atoms with van der Waals surface area (Å²) in [6.45, 7) is 2.06. The van der Waals surface area contributed by atoms with Crippen LogP contribution in [0.2, 0.25) is 0 Å². The van der Waals surface area contributed by atoms with E-state index in [2.05, 4.69) is 110 Å². The monoisotopic (exact) mass is 502 g/mol. The quantitative estimate of drug-likeness (QED) is 0.294. The molecule has 1 aliphatic carbocycles. The van der Waals surface area contributed by atoms with Gasteiger partial charge < -0.3 is 5.32 Å². The van der Waals surface area contributed by atoms with E-state index in [1.807, 2.05) is 42.5 Å². The van der Waals surface area contributed by atoms with E-state index in [9.17, 15) is 4.79 Å². The fraction of sp³-hybridized carbons (Fsp3) is 0.286. The Bertz CT molecular complexity index is 1290. The maximum absolute atomic E-state index is 14.6. The average Bonchev–Trinajstić information content (AvgIpc) is 2.99. The summed E-state index contributed by atoms with van der Waals surface area (Å²) in [7, 11) is 4.37. The molecular formula is C35H38N2O. The molecular weight excluding hydrogens is 464 g/mol. The van der Waals surface area contributed by atoms with Crippen LogP contribution in [0.5, 0.6) is 0 Å². The minimum absolute atomic E-state index is 0.0378. The van der Waals surface area contributed by atoms with Crippen LogP contribution < -0.4 is 5.32 Å². The van der Waals surface area contributed by atoms with Gasteiger partial charge in [0.1, 0.15) is 0 Å².